The zero-order valence-corrected chi connectivity index (χ0v) is 52.0. The summed E-state index contributed by atoms with van der Waals surface area (Å²) in [6.45, 7) is 4.93. The summed E-state index contributed by atoms with van der Waals surface area (Å²) in [5, 5.41) is 23.1. The molecule has 0 aliphatic heterocycles. The van der Waals surface area contributed by atoms with Crippen LogP contribution < -0.4 is 5.32 Å². The number of carbonyl (C=O) groups excluding carboxylic acids is 2. The van der Waals surface area contributed by atoms with Crippen molar-refractivity contribution in [3.63, 3.8) is 0 Å². The van der Waals surface area contributed by atoms with Gasteiger partial charge in [-0.25, -0.2) is 0 Å². The highest BCUT2D eigenvalue weighted by Crippen LogP contribution is 2.18. The lowest BCUT2D eigenvalue weighted by Crippen LogP contribution is -2.45. The van der Waals surface area contributed by atoms with Gasteiger partial charge in [0.05, 0.1) is 25.4 Å². The molecule has 0 heterocycles. The number of carbonyl (C=O) groups is 2. The zero-order valence-electron chi connectivity index (χ0n) is 52.0. The zero-order chi connectivity index (χ0) is 55.7. The summed E-state index contributed by atoms with van der Waals surface area (Å²) in [6.07, 6.45) is 85.1. The fourth-order valence-corrected chi connectivity index (χ4v) is 10.8. The molecule has 0 aliphatic rings. The van der Waals surface area contributed by atoms with E-state index in [4.69, 9.17) is 4.74 Å². The number of hydrogen-bond donors (Lipinski definition) is 3. The summed E-state index contributed by atoms with van der Waals surface area (Å²) in [5.41, 5.74) is 0. The second-order valence-corrected chi connectivity index (χ2v) is 23.9. The van der Waals surface area contributed by atoms with Crippen LogP contribution in [0.25, 0.3) is 0 Å². The molecule has 0 rings (SSSR count). The Hall–Kier alpha value is -1.92. The highest BCUT2D eigenvalue weighted by molar-refractivity contribution is 5.76. The topological polar surface area (TPSA) is 95.9 Å². The first kappa shape index (κ1) is 75.1. The predicted molar refractivity (Wildman–Crippen MR) is 338 cm³/mol. The molecule has 3 N–H and O–H groups in total. The maximum atomic E-state index is 12.5. The third-order valence-corrected chi connectivity index (χ3v) is 16.2. The second kappa shape index (κ2) is 66.6. The summed E-state index contributed by atoms with van der Waals surface area (Å²) in [4.78, 5) is 24.6. The smallest absolute Gasteiger partial charge is 0.305 e. The highest BCUT2D eigenvalue weighted by atomic mass is 16.5. The van der Waals surface area contributed by atoms with Gasteiger partial charge in [0.1, 0.15) is 0 Å². The van der Waals surface area contributed by atoms with Gasteiger partial charge in [0, 0.05) is 12.8 Å². The van der Waals surface area contributed by atoms with Crippen LogP contribution >= 0.6 is 0 Å². The van der Waals surface area contributed by atoms with Crippen LogP contribution in [0.15, 0.2) is 36.5 Å². The van der Waals surface area contributed by atoms with Crippen LogP contribution in [0.2, 0.25) is 0 Å². The predicted octanol–water partition coefficient (Wildman–Crippen LogP) is 22.3. The van der Waals surface area contributed by atoms with Crippen LogP contribution in [0.3, 0.4) is 0 Å². The lowest BCUT2D eigenvalue weighted by Gasteiger charge is -2.20. The van der Waals surface area contributed by atoms with Crippen molar-refractivity contribution in [3.8, 4) is 0 Å². The number of aliphatic hydroxyl groups excluding tert-OH is 2. The molecule has 0 aromatic carbocycles. The molecule has 2 atom stereocenters. The molecule has 0 fully saturated rings. The molecule has 1 amide bonds. The highest BCUT2D eigenvalue weighted by Gasteiger charge is 2.18. The van der Waals surface area contributed by atoms with Crippen LogP contribution in [0.4, 0.5) is 0 Å². The van der Waals surface area contributed by atoms with Crippen molar-refractivity contribution in [1.82, 2.24) is 5.32 Å². The van der Waals surface area contributed by atoms with E-state index < -0.39 is 12.1 Å². The Bertz CT molecular complexity index is 1250. The van der Waals surface area contributed by atoms with Crippen molar-refractivity contribution in [3.05, 3.63) is 36.5 Å². The van der Waals surface area contributed by atoms with Crippen molar-refractivity contribution in [2.45, 2.75) is 392 Å². The van der Waals surface area contributed by atoms with Gasteiger partial charge in [0.25, 0.3) is 0 Å². The summed E-state index contributed by atoms with van der Waals surface area (Å²) in [7, 11) is 0. The molecule has 0 aromatic heterocycles. The van der Waals surface area contributed by atoms with E-state index in [0.717, 1.165) is 44.9 Å². The van der Waals surface area contributed by atoms with Crippen LogP contribution in [0.5, 0.6) is 0 Å². The standard InChI is InChI=1S/C71H135NO5/c1-3-5-7-9-11-13-15-17-19-33-37-41-45-49-53-57-61-65-71(76)77-66-62-58-54-50-46-42-38-35-32-30-28-26-24-22-20-21-23-25-27-29-31-34-36-40-44-48-52-56-60-64-70(75)72-68(67-73)69(74)63-59-55-51-47-43-39-18-16-14-12-10-8-6-4-2/h20,22,26,28,59,63,68-69,73-74H,3-19,21,23-25,27,29-58,60-62,64-67H2,1-2H3,(H,72,75)/b22-20-,28-26-,63-59+. The molecule has 0 saturated heterocycles. The third-order valence-electron chi connectivity index (χ3n) is 16.2. The number of hydrogen-bond acceptors (Lipinski definition) is 5. The molecule has 454 valence electrons. The normalized spacial score (nSPS) is 12.7. The number of nitrogens with one attached hydrogen (secondary N) is 1. The van der Waals surface area contributed by atoms with Gasteiger partial charge in [-0.3, -0.25) is 9.59 Å². The Morgan fingerprint density at radius 2 is 0.649 bits per heavy atom. The molecular formula is C71H135NO5. The third kappa shape index (κ3) is 63.1. The molecule has 0 bridgehead atoms. The van der Waals surface area contributed by atoms with E-state index in [9.17, 15) is 19.8 Å². The van der Waals surface area contributed by atoms with Gasteiger partial charge in [-0.2, -0.15) is 0 Å². The van der Waals surface area contributed by atoms with Crippen LogP contribution in [0.1, 0.15) is 380 Å². The number of esters is 1. The lowest BCUT2D eigenvalue weighted by atomic mass is 10.0. The van der Waals surface area contributed by atoms with E-state index in [1.807, 2.05) is 6.08 Å². The Balaban J connectivity index is 3.40. The van der Waals surface area contributed by atoms with Crippen LogP contribution in [0, 0.1) is 0 Å². The molecule has 6 heteroatoms. The van der Waals surface area contributed by atoms with Crippen molar-refractivity contribution in [2.24, 2.45) is 0 Å². The summed E-state index contributed by atoms with van der Waals surface area (Å²) >= 11 is 0. The number of allylic oxidation sites excluding steroid dienone is 5. The van der Waals surface area contributed by atoms with Crippen LogP contribution in [-0.4, -0.2) is 47.4 Å². The first-order valence-corrected chi connectivity index (χ1v) is 34.8. The number of amides is 1. The SMILES string of the molecule is CCCCCCCCCCCCCC/C=C/C(O)C(CO)NC(=O)CCCCCCCCCCCCCCC/C=C\C/C=C\CCCCCCCCCCCOC(=O)CCCCCCCCCCCCCCCCCCC. The van der Waals surface area contributed by atoms with Crippen molar-refractivity contribution < 1.29 is 24.5 Å². The van der Waals surface area contributed by atoms with E-state index in [0.29, 0.717) is 19.4 Å². The molecule has 0 radical (unpaired) electrons. The Morgan fingerprint density at radius 3 is 0.987 bits per heavy atom. The quantitative estimate of drug-likeness (QED) is 0.0320. The summed E-state index contributed by atoms with van der Waals surface area (Å²) in [6, 6.07) is -0.628. The average Bonchev–Trinajstić information content (AvgIpc) is 3.43. The molecular weight excluding hydrogens is 947 g/mol. The largest absolute Gasteiger partial charge is 0.466 e. The van der Waals surface area contributed by atoms with Crippen molar-refractivity contribution >= 4 is 11.9 Å². The minimum absolute atomic E-state index is 0.0160. The molecule has 0 aromatic rings. The summed E-state index contributed by atoms with van der Waals surface area (Å²) < 4.78 is 5.50. The molecule has 0 aliphatic carbocycles. The van der Waals surface area contributed by atoms with E-state index in [1.165, 1.54) is 308 Å². The Morgan fingerprint density at radius 1 is 0.364 bits per heavy atom. The Labute approximate surface area is 481 Å². The number of aliphatic hydroxyl groups is 2. The van der Waals surface area contributed by atoms with E-state index >= 15 is 0 Å². The van der Waals surface area contributed by atoms with Crippen LogP contribution in [-0.2, 0) is 14.3 Å². The number of unbranched alkanes of at least 4 members (excludes halogenated alkanes) is 50. The van der Waals surface area contributed by atoms with Gasteiger partial charge in [-0.15, -0.1) is 0 Å². The summed E-state index contributed by atoms with van der Waals surface area (Å²) in [5.74, 6) is -0.0516. The molecule has 6 nitrogen and oxygen atoms in total. The molecule has 77 heavy (non-hydrogen) atoms. The number of rotatable bonds is 65. The van der Waals surface area contributed by atoms with Gasteiger partial charge in [0.15, 0.2) is 0 Å². The van der Waals surface area contributed by atoms with Crippen molar-refractivity contribution in [2.75, 3.05) is 13.2 Å². The monoisotopic (exact) mass is 1080 g/mol. The van der Waals surface area contributed by atoms with Gasteiger partial charge < -0.3 is 20.3 Å². The molecule has 0 saturated carbocycles. The fraction of sp³-hybridized carbons (Fsp3) is 0.887. The molecule has 0 spiro atoms. The molecule has 2 unspecified atom stereocenters. The fourth-order valence-electron chi connectivity index (χ4n) is 10.8. The first-order valence-electron chi connectivity index (χ1n) is 34.8. The minimum atomic E-state index is -0.845. The van der Waals surface area contributed by atoms with E-state index in [-0.39, 0.29) is 18.5 Å². The van der Waals surface area contributed by atoms with Gasteiger partial charge in [0.2, 0.25) is 5.91 Å². The maximum absolute atomic E-state index is 12.5. The minimum Gasteiger partial charge on any atom is -0.466 e. The van der Waals surface area contributed by atoms with Gasteiger partial charge >= 0.3 is 5.97 Å². The second-order valence-electron chi connectivity index (χ2n) is 23.9. The van der Waals surface area contributed by atoms with Gasteiger partial charge in [-0.1, -0.05) is 339 Å². The Kier molecular flexibility index (Phi) is 64.9. The lowest BCUT2D eigenvalue weighted by molar-refractivity contribution is -0.143. The van der Waals surface area contributed by atoms with E-state index in [1.54, 1.807) is 6.08 Å². The van der Waals surface area contributed by atoms with Gasteiger partial charge in [-0.05, 0) is 64.2 Å². The number of ether oxygens (including phenoxy) is 1. The van der Waals surface area contributed by atoms with Crippen molar-refractivity contribution in [1.29, 1.82) is 0 Å². The maximum Gasteiger partial charge on any atom is 0.305 e. The average molecular weight is 1080 g/mol. The van der Waals surface area contributed by atoms with E-state index in [2.05, 4.69) is 43.5 Å². The first-order chi connectivity index (χ1) is 38.0.